The minimum Gasteiger partial charge on any atom is -0.461 e. The first-order valence-electron chi connectivity index (χ1n) is 30.8. The largest absolute Gasteiger partial charge is 0.461 e. The van der Waals surface area contributed by atoms with E-state index in [1.807, 2.05) is 34.7 Å². The lowest BCUT2D eigenvalue weighted by Gasteiger charge is -2.45. The number of Topliss-reactive ketones (excluding diaryl/α,β-unsaturated/α-hetero) is 1. The summed E-state index contributed by atoms with van der Waals surface area (Å²) in [5.41, 5.74) is -4.16. The quantitative estimate of drug-likeness (QED) is 0.0498. The second-order valence-corrected chi connectivity index (χ2v) is 28.0. The van der Waals surface area contributed by atoms with Crippen LogP contribution in [0.3, 0.4) is 0 Å². The molecule has 28 heteroatoms. The van der Waals surface area contributed by atoms with Crippen molar-refractivity contribution in [3.8, 4) is 0 Å². The number of nitro benzene ring substituents is 1. The molecule has 0 saturated carbocycles. The first kappa shape index (κ1) is 75.2. The predicted octanol–water partition coefficient (Wildman–Crippen LogP) is 5.67. The number of cyclic esters (lactones) is 1. The Morgan fingerprint density at radius 3 is 2.15 bits per heavy atom. The smallest absolute Gasteiger partial charge is 0.408 e. The van der Waals surface area contributed by atoms with E-state index in [4.69, 9.17) is 56.9 Å². The highest BCUT2D eigenvalue weighted by molar-refractivity contribution is 7.89. The normalized spacial score (nSPS) is 36.7. The number of amides is 1. The number of likely N-dealkylation sites (N-methyl/N-ethyl adjacent to an activating group) is 1. The average molecular weight is 1290 g/mol. The molecule has 5 rings (SSSR count). The van der Waals surface area contributed by atoms with Gasteiger partial charge in [-0.1, -0.05) is 65.8 Å². The van der Waals surface area contributed by atoms with E-state index in [2.05, 4.69) is 20.1 Å². The summed E-state index contributed by atoms with van der Waals surface area (Å²) in [5.74, 6) is -8.53. The molecule has 1 amide bonds. The maximum Gasteiger partial charge on any atom is 0.408 e. The Morgan fingerprint density at radius 1 is 0.876 bits per heavy atom. The summed E-state index contributed by atoms with van der Waals surface area (Å²) in [6.45, 7) is 25.3. The number of nitrogens with one attached hydrogen (secondary N) is 2. The number of aliphatic hydroxyl groups excluding tert-OH is 2. The van der Waals surface area contributed by atoms with E-state index in [0.717, 1.165) is 12.1 Å². The summed E-state index contributed by atoms with van der Waals surface area (Å²) < 4.78 is 99.9. The van der Waals surface area contributed by atoms with Gasteiger partial charge in [-0.2, -0.15) is 0 Å². The molecular formula is C61H101N5O22S. The molecule has 4 aliphatic rings. The van der Waals surface area contributed by atoms with Crippen LogP contribution in [0, 0.1) is 51.5 Å². The summed E-state index contributed by atoms with van der Waals surface area (Å²) in [5, 5.41) is 41.5. The molecule has 4 N–H and O–H groups in total. The highest BCUT2D eigenvalue weighted by Gasteiger charge is 2.53. The number of alkyl carbamates (subject to hydrolysis) is 1. The van der Waals surface area contributed by atoms with Crippen LogP contribution in [0.15, 0.2) is 34.3 Å². The van der Waals surface area contributed by atoms with E-state index in [9.17, 15) is 38.3 Å². The molecule has 4 aliphatic heterocycles. The third-order valence-electron chi connectivity index (χ3n) is 17.4. The van der Waals surface area contributed by atoms with Gasteiger partial charge < -0.3 is 77.4 Å². The van der Waals surface area contributed by atoms with Gasteiger partial charge in [0.15, 0.2) is 35.1 Å². The summed E-state index contributed by atoms with van der Waals surface area (Å²) in [7, 11) is 1.61. The molecule has 0 aliphatic carbocycles. The Bertz CT molecular complexity index is 2670. The standard InChI is InChI=1S/C61H101N5O22S/c1-31(2)24-45(67)84-51-38(9)50(33(4)29-80-58-54(78-18)53(77-17)47(68)41(12)83-58)86-56(71)40(11)52(85-46-25-34(5)65(16)28-36(7)81-46)37(8)49(87-57-48(69)42(64-79-19)26-35(6)82-57)32(3)27-61(15,55(70)39(51)10)88-59(72)63-60(13,14)30-62-89(75,76)44-23-21-20-22-43(44)66(73)74/h20-23,31-41,46-54,57-58,62,68-69H,24-30H2,1-19H3,(H,63,72)/t32-,33-,34-,35+,36-,37+,38-,39+,40+,41+,46-,47+,48+,49-,50+,51+,52-,53+,54+,57-,58+,61-/m0/s1. The molecule has 4 fully saturated rings. The van der Waals surface area contributed by atoms with Gasteiger partial charge in [0.25, 0.3) is 5.69 Å². The van der Waals surface area contributed by atoms with Gasteiger partial charge in [-0.3, -0.25) is 24.5 Å². The lowest BCUT2D eigenvalue weighted by atomic mass is 9.74. The van der Waals surface area contributed by atoms with Crippen LogP contribution in [0.4, 0.5) is 10.5 Å². The van der Waals surface area contributed by atoms with Gasteiger partial charge in [0.05, 0.1) is 65.1 Å². The van der Waals surface area contributed by atoms with Crippen LogP contribution in [0.5, 0.6) is 0 Å². The van der Waals surface area contributed by atoms with E-state index < -0.39 is 182 Å². The Morgan fingerprint density at radius 2 is 1.53 bits per heavy atom. The molecule has 0 radical (unpaired) electrons. The van der Waals surface area contributed by atoms with Crippen molar-refractivity contribution in [2.45, 2.75) is 238 Å². The minimum absolute atomic E-state index is 0.0529. The molecule has 508 valence electrons. The molecule has 0 spiro atoms. The molecule has 1 aromatic rings. The fourth-order valence-electron chi connectivity index (χ4n) is 12.5. The number of carbonyl (C=O) groups excluding carboxylic acids is 4. The third kappa shape index (κ3) is 19.5. The molecule has 4 saturated heterocycles. The average Bonchev–Trinajstić information content (AvgIpc) is 1.49. The number of carbonyl (C=O) groups is 4. The third-order valence-corrected chi connectivity index (χ3v) is 18.9. The Labute approximate surface area is 524 Å². The zero-order chi connectivity index (χ0) is 66.8. The van der Waals surface area contributed by atoms with Gasteiger partial charge in [-0.15, -0.1) is 0 Å². The highest BCUT2D eigenvalue weighted by Crippen LogP contribution is 2.41. The van der Waals surface area contributed by atoms with Gasteiger partial charge in [0, 0.05) is 76.4 Å². The van der Waals surface area contributed by atoms with Crippen molar-refractivity contribution in [2.24, 2.45) is 46.6 Å². The number of hydrogen-bond acceptors (Lipinski definition) is 24. The fraction of sp³-hybridized carbons (Fsp3) is 0.820. The number of nitrogens with zero attached hydrogens (tertiary/aromatic N) is 3. The topological polar surface area (TPSA) is 336 Å². The number of esters is 2. The number of nitro groups is 1. The zero-order valence-corrected chi connectivity index (χ0v) is 56.1. The SMILES string of the molecule is CON=C1C[C@@H](C)O[C@@H](O[C@@H]2[C@@H](C)[C@H](O[C@H]3C[C@H](C)N(C)C[C@H](C)O3)[C@@H](C)C(=O)O[C@H]([C@@H](C)CO[C@@H]3O[C@H](C)[C@@H](O)[C@@H](OC)[C@H]3OC)[C@H](C)[C@@H](OC(=O)CC(C)C)[C@@H](C)C(=O)[C@@](C)(OC(=O)NC(C)(C)CNS(=O)(=O)c3ccccc3[N+](=O)[O-])C[C@@H]2C)[C@@H]1O. The van der Waals surface area contributed by atoms with E-state index >= 15 is 9.59 Å². The van der Waals surface area contributed by atoms with E-state index in [0.29, 0.717) is 13.0 Å². The van der Waals surface area contributed by atoms with Gasteiger partial charge in [0.1, 0.15) is 43.7 Å². The molecule has 89 heavy (non-hydrogen) atoms. The number of rotatable bonds is 21. The van der Waals surface area contributed by atoms with Crippen LogP contribution in [-0.4, -0.2) is 209 Å². The first-order chi connectivity index (χ1) is 41.5. The molecular weight excluding hydrogens is 1190 g/mol. The van der Waals surface area contributed by atoms with Crippen LogP contribution < -0.4 is 10.0 Å². The van der Waals surface area contributed by atoms with Crippen molar-refractivity contribution in [1.29, 1.82) is 0 Å². The van der Waals surface area contributed by atoms with Crippen molar-refractivity contribution in [1.82, 2.24) is 14.9 Å². The van der Waals surface area contributed by atoms with Crippen LogP contribution >= 0.6 is 0 Å². The van der Waals surface area contributed by atoms with Gasteiger partial charge in [-0.25, -0.2) is 17.9 Å². The van der Waals surface area contributed by atoms with Crippen molar-refractivity contribution < 1.29 is 99.7 Å². The van der Waals surface area contributed by atoms with Crippen molar-refractivity contribution >= 4 is 45.2 Å². The van der Waals surface area contributed by atoms with Crippen LogP contribution in [0.2, 0.25) is 0 Å². The number of aliphatic hydroxyl groups is 2. The second kappa shape index (κ2) is 32.3. The van der Waals surface area contributed by atoms with Crippen LogP contribution in [0.25, 0.3) is 0 Å². The maximum absolute atomic E-state index is 16.1. The molecule has 1 aromatic carbocycles. The summed E-state index contributed by atoms with van der Waals surface area (Å²) >= 11 is 0. The summed E-state index contributed by atoms with van der Waals surface area (Å²) in [4.78, 5) is 78.1. The molecule has 0 bridgehead atoms. The Hall–Kier alpha value is -4.56. The molecule has 27 nitrogen and oxygen atoms in total. The maximum atomic E-state index is 16.1. The highest BCUT2D eigenvalue weighted by atomic mass is 32.2. The van der Waals surface area contributed by atoms with E-state index in [1.165, 1.54) is 61.2 Å². The number of oxime groups is 1. The van der Waals surface area contributed by atoms with Gasteiger partial charge in [0.2, 0.25) is 10.0 Å². The van der Waals surface area contributed by atoms with Crippen LogP contribution in [0.1, 0.15) is 130 Å². The van der Waals surface area contributed by atoms with Gasteiger partial charge in [-0.05, 0) is 86.8 Å². The van der Waals surface area contributed by atoms with E-state index in [-0.39, 0.29) is 49.6 Å². The second-order valence-electron chi connectivity index (χ2n) is 26.2. The van der Waals surface area contributed by atoms with Crippen LogP contribution in [-0.2, 0) is 81.3 Å². The number of benzene rings is 1. The zero-order valence-electron chi connectivity index (χ0n) is 55.3. The molecule has 22 atom stereocenters. The van der Waals surface area contributed by atoms with Crippen molar-refractivity contribution in [2.75, 3.05) is 48.1 Å². The monoisotopic (exact) mass is 1290 g/mol. The lowest BCUT2D eigenvalue weighted by molar-refractivity contribution is -0.387. The Balaban J connectivity index is 1.71. The molecule has 0 unspecified atom stereocenters. The Kier molecular flexibility index (Phi) is 27.3. The first-order valence-corrected chi connectivity index (χ1v) is 32.3. The number of ketones is 1. The van der Waals surface area contributed by atoms with Crippen molar-refractivity contribution in [3.63, 3.8) is 0 Å². The minimum atomic E-state index is -4.55. The predicted molar refractivity (Wildman–Crippen MR) is 322 cm³/mol. The molecule has 0 aromatic heterocycles. The van der Waals surface area contributed by atoms with E-state index in [1.54, 1.807) is 48.5 Å². The van der Waals surface area contributed by atoms with Crippen molar-refractivity contribution in [3.05, 3.63) is 34.4 Å². The summed E-state index contributed by atoms with van der Waals surface area (Å²) in [6, 6.07) is 4.72. The number of sulfonamides is 1. The fourth-order valence-corrected chi connectivity index (χ4v) is 13.9. The summed E-state index contributed by atoms with van der Waals surface area (Å²) in [6.07, 6.45) is -15.4. The lowest BCUT2D eigenvalue weighted by Crippen LogP contribution is -2.59. The molecule has 4 heterocycles. The number of ether oxygens (including phenoxy) is 11. The van der Waals surface area contributed by atoms with Gasteiger partial charge >= 0.3 is 18.0 Å². The number of methoxy groups -OCH3 is 2. The number of hydrogen-bond donors (Lipinski definition) is 4. The number of para-hydroxylation sites is 1.